The van der Waals surface area contributed by atoms with Gasteiger partial charge in [-0.1, -0.05) is 30.3 Å². The van der Waals surface area contributed by atoms with Gasteiger partial charge in [-0.3, -0.25) is 0 Å². The lowest BCUT2D eigenvalue weighted by atomic mass is 10.1. The molecule has 2 aromatic heterocycles. The fourth-order valence-corrected chi connectivity index (χ4v) is 2.91. The van der Waals surface area contributed by atoms with Crippen LogP contribution in [-0.4, -0.2) is 5.97 Å². The van der Waals surface area contributed by atoms with Crippen LogP contribution in [-0.2, 0) is 18.0 Å². The lowest BCUT2D eigenvalue weighted by Crippen LogP contribution is -2.07. The van der Waals surface area contributed by atoms with E-state index in [0.29, 0.717) is 22.7 Å². The van der Waals surface area contributed by atoms with Crippen molar-refractivity contribution in [1.29, 1.82) is 0 Å². The number of furan rings is 1. The number of carbonyl (C=O) groups excluding carboxylic acids is 1. The predicted octanol–water partition coefficient (Wildman–Crippen LogP) is 4.63. The number of ether oxygens (including phenoxy) is 2. The van der Waals surface area contributed by atoms with Crippen molar-refractivity contribution in [3.63, 3.8) is 0 Å². The van der Waals surface area contributed by atoms with Gasteiger partial charge < -0.3 is 18.3 Å². The highest BCUT2D eigenvalue weighted by Gasteiger charge is 2.15. The number of aryl methyl sites for hydroxylation is 1. The maximum atomic E-state index is 12.3. The number of esters is 1. The number of benzene rings is 2. The topological polar surface area (TPSA) is 78.9 Å². The Hall–Kier alpha value is -3.80. The van der Waals surface area contributed by atoms with E-state index < -0.39 is 11.6 Å². The molecule has 0 aliphatic carbocycles. The molecule has 146 valence electrons. The van der Waals surface area contributed by atoms with E-state index in [4.69, 9.17) is 18.3 Å². The second-order valence-corrected chi connectivity index (χ2v) is 6.53. The molecule has 2 aromatic carbocycles. The molecule has 0 aliphatic rings. The van der Waals surface area contributed by atoms with Gasteiger partial charge in [-0.15, -0.1) is 0 Å². The minimum atomic E-state index is -0.621. The summed E-state index contributed by atoms with van der Waals surface area (Å²) in [4.78, 5) is 24.1. The van der Waals surface area contributed by atoms with E-state index in [1.807, 2.05) is 49.4 Å². The maximum absolute atomic E-state index is 12.3. The third kappa shape index (κ3) is 4.38. The molecule has 4 aromatic rings. The summed E-state index contributed by atoms with van der Waals surface area (Å²) in [7, 11) is 0. The third-order valence-corrected chi connectivity index (χ3v) is 4.33. The molecule has 0 N–H and O–H groups in total. The Labute approximate surface area is 166 Å². The molecule has 0 atom stereocenters. The Bertz CT molecular complexity index is 1200. The first-order valence-electron chi connectivity index (χ1n) is 9.05. The van der Waals surface area contributed by atoms with Gasteiger partial charge in [0.2, 0.25) is 5.76 Å². The zero-order valence-electron chi connectivity index (χ0n) is 15.7. The maximum Gasteiger partial charge on any atom is 0.374 e. The SMILES string of the molecule is Cc1ccc2c(COC(=O)c3ccc(COc4ccccc4)o3)cc(=O)oc2c1. The molecule has 6 nitrogen and oxygen atoms in total. The number of hydrogen-bond donors (Lipinski definition) is 0. The number of rotatable bonds is 6. The summed E-state index contributed by atoms with van der Waals surface area (Å²) in [5.41, 5.74) is 1.51. The van der Waals surface area contributed by atoms with E-state index in [2.05, 4.69) is 0 Å². The van der Waals surface area contributed by atoms with Crippen LogP contribution in [0, 0.1) is 6.92 Å². The summed E-state index contributed by atoms with van der Waals surface area (Å²) in [5.74, 6) is 0.657. The summed E-state index contributed by atoms with van der Waals surface area (Å²) < 4.78 is 21.6. The van der Waals surface area contributed by atoms with Gasteiger partial charge in [0.1, 0.15) is 30.3 Å². The molecule has 2 heterocycles. The van der Waals surface area contributed by atoms with Crippen LogP contribution in [0.2, 0.25) is 0 Å². The van der Waals surface area contributed by atoms with Crippen molar-refractivity contribution in [2.75, 3.05) is 0 Å². The van der Waals surface area contributed by atoms with Crippen molar-refractivity contribution in [3.8, 4) is 5.75 Å². The average molecular weight is 390 g/mol. The molecule has 29 heavy (non-hydrogen) atoms. The van der Waals surface area contributed by atoms with Crippen LogP contribution >= 0.6 is 0 Å². The zero-order valence-corrected chi connectivity index (χ0v) is 15.7. The molecule has 0 radical (unpaired) electrons. The summed E-state index contributed by atoms with van der Waals surface area (Å²) in [6.45, 7) is 2.03. The molecule has 0 unspecified atom stereocenters. The largest absolute Gasteiger partial charge is 0.486 e. The second kappa shape index (κ2) is 8.06. The van der Waals surface area contributed by atoms with Crippen LogP contribution in [0.4, 0.5) is 0 Å². The van der Waals surface area contributed by atoms with Gasteiger partial charge in [-0.05, 0) is 42.8 Å². The first-order valence-corrected chi connectivity index (χ1v) is 9.05. The number of carbonyl (C=O) groups is 1. The van der Waals surface area contributed by atoms with Gasteiger partial charge in [0.25, 0.3) is 0 Å². The predicted molar refractivity (Wildman–Crippen MR) is 106 cm³/mol. The van der Waals surface area contributed by atoms with E-state index in [1.54, 1.807) is 12.1 Å². The Balaban J connectivity index is 1.42. The van der Waals surface area contributed by atoms with E-state index in [-0.39, 0.29) is 19.0 Å². The van der Waals surface area contributed by atoms with Gasteiger partial charge in [0, 0.05) is 17.0 Å². The number of fused-ring (bicyclic) bond motifs is 1. The Morgan fingerprint density at radius 1 is 0.931 bits per heavy atom. The van der Waals surface area contributed by atoms with Gasteiger partial charge in [0.05, 0.1) is 0 Å². The monoisotopic (exact) mass is 390 g/mol. The zero-order chi connectivity index (χ0) is 20.2. The molecule has 6 heteroatoms. The fraction of sp³-hybridized carbons (Fsp3) is 0.130. The van der Waals surface area contributed by atoms with Gasteiger partial charge in [-0.2, -0.15) is 0 Å². The third-order valence-electron chi connectivity index (χ3n) is 4.33. The van der Waals surface area contributed by atoms with Crippen molar-refractivity contribution < 1.29 is 23.1 Å². The van der Waals surface area contributed by atoms with E-state index in [0.717, 1.165) is 10.9 Å². The molecule has 0 aliphatic heterocycles. The minimum absolute atomic E-state index is 0.0689. The molecule has 0 bridgehead atoms. The van der Waals surface area contributed by atoms with E-state index >= 15 is 0 Å². The Morgan fingerprint density at radius 3 is 2.59 bits per heavy atom. The number of hydrogen-bond acceptors (Lipinski definition) is 6. The molecule has 0 spiro atoms. The summed E-state index contributed by atoms with van der Waals surface area (Å²) in [5, 5.41) is 0.722. The second-order valence-electron chi connectivity index (χ2n) is 6.53. The Kier molecular flexibility index (Phi) is 5.16. The van der Waals surface area contributed by atoms with Gasteiger partial charge in [-0.25, -0.2) is 9.59 Å². The molecule has 0 amide bonds. The average Bonchev–Trinajstić information content (AvgIpc) is 3.20. The van der Waals surface area contributed by atoms with Crippen LogP contribution in [0.25, 0.3) is 11.0 Å². The van der Waals surface area contributed by atoms with Crippen LogP contribution in [0.3, 0.4) is 0 Å². The smallest absolute Gasteiger partial charge is 0.374 e. The summed E-state index contributed by atoms with van der Waals surface area (Å²) in [6, 6.07) is 19.3. The molecule has 0 saturated heterocycles. The quantitative estimate of drug-likeness (QED) is 0.353. The molecule has 0 fully saturated rings. The van der Waals surface area contributed by atoms with Crippen LogP contribution in [0.5, 0.6) is 5.75 Å². The van der Waals surface area contributed by atoms with Crippen molar-refractivity contribution in [1.82, 2.24) is 0 Å². The first kappa shape index (κ1) is 18.6. The first-order chi connectivity index (χ1) is 14.1. The highest BCUT2D eigenvalue weighted by Crippen LogP contribution is 2.20. The van der Waals surface area contributed by atoms with Crippen LogP contribution in [0.1, 0.15) is 27.4 Å². The molecular formula is C23H18O6. The lowest BCUT2D eigenvalue weighted by Gasteiger charge is -2.07. The van der Waals surface area contributed by atoms with Crippen LogP contribution in [0.15, 0.2) is 80.4 Å². The summed E-state index contributed by atoms with van der Waals surface area (Å²) >= 11 is 0. The van der Waals surface area contributed by atoms with Crippen molar-refractivity contribution in [2.24, 2.45) is 0 Å². The minimum Gasteiger partial charge on any atom is -0.486 e. The van der Waals surface area contributed by atoms with E-state index in [9.17, 15) is 9.59 Å². The van der Waals surface area contributed by atoms with Crippen molar-refractivity contribution in [3.05, 3.63) is 99.8 Å². The van der Waals surface area contributed by atoms with Gasteiger partial charge >= 0.3 is 11.6 Å². The number of para-hydroxylation sites is 1. The van der Waals surface area contributed by atoms with E-state index in [1.165, 1.54) is 12.1 Å². The van der Waals surface area contributed by atoms with Gasteiger partial charge in [0.15, 0.2) is 0 Å². The lowest BCUT2D eigenvalue weighted by molar-refractivity contribution is 0.0433. The highest BCUT2D eigenvalue weighted by atomic mass is 16.5. The van der Waals surface area contributed by atoms with Crippen molar-refractivity contribution in [2.45, 2.75) is 20.1 Å². The molecular weight excluding hydrogens is 372 g/mol. The highest BCUT2D eigenvalue weighted by molar-refractivity contribution is 5.87. The molecule has 0 saturated carbocycles. The fourth-order valence-electron chi connectivity index (χ4n) is 2.91. The molecule has 4 rings (SSSR count). The van der Waals surface area contributed by atoms with Crippen LogP contribution < -0.4 is 10.4 Å². The summed E-state index contributed by atoms with van der Waals surface area (Å²) in [6.07, 6.45) is 0. The van der Waals surface area contributed by atoms with Crippen molar-refractivity contribution >= 4 is 16.9 Å². The standard InChI is InChI=1S/C23H18O6/c1-15-7-9-19-16(12-22(24)29-21(19)11-15)13-27-23(25)20-10-8-18(28-20)14-26-17-5-3-2-4-6-17/h2-12H,13-14H2,1H3. The normalized spacial score (nSPS) is 10.8. The Morgan fingerprint density at radius 2 is 1.76 bits per heavy atom.